The topological polar surface area (TPSA) is 49.8 Å². The summed E-state index contributed by atoms with van der Waals surface area (Å²) in [5, 5.41) is 6.93. The third-order valence-corrected chi connectivity index (χ3v) is 5.04. The summed E-state index contributed by atoms with van der Waals surface area (Å²) >= 11 is 0. The van der Waals surface area contributed by atoms with Gasteiger partial charge >= 0.3 is 0 Å². The Labute approximate surface area is 121 Å². The number of aromatic nitrogens is 2. The molecule has 4 nitrogen and oxygen atoms in total. The minimum absolute atomic E-state index is 0.857. The number of fused-ring (bicyclic) bond motifs is 2. The fraction of sp³-hybridized carbons (Fsp3) is 0.750. The lowest BCUT2D eigenvalue weighted by molar-refractivity contribution is 0.348. The Hall–Kier alpha value is -1.32. The summed E-state index contributed by atoms with van der Waals surface area (Å²) in [6, 6.07) is 0. The molecule has 0 aliphatic heterocycles. The number of anilines is 2. The van der Waals surface area contributed by atoms with Gasteiger partial charge in [0.05, 0.1) is 0 Å². The Bertz CT molecular complexity index is 460. The van der Waals surface area contributed by atoms with Crippen molar-refractivity contribution in [2.24, 2.45) is 17.8 Å². The highest BCUT2D eigenvalue weighted by Gasteiger charge is 2.39. The molecule has 3 rings (SSSR count). The SMILES string of the molecule is CCCNc1ncnc(NCC2CC3CCC2C3)c1C. The quantitative estimate of drug-likeness (QED) is 0.834. The zero-order chi connectivity index (χ0) is 13.9. The van der Waals surface area contributed by atoms with Gasteiger partial charge in [0.25, 0.3) is 0 Å². The van der Waals surface area contributed by atoms with E-state index in [2.05, 4.69) is 34.4 Å². The van der Waals surface area contributed by atoms with Crippen molar-refractivity contribution in [2.45, 2.75) is 46.0 Å². The van der Waals surface area contributed by atoms with Crippen molar-refractivity contribution in [1.29, 1.82) is 0 Å². The van der Waals surface area contributed by atoms with Gasteiger partial charge in [-0.15, -0.1) is 0 Å². The standard InChI is InChI=1S/C16H26N4/c1-3-6-17-15-11(2)16(20-10-19-15)18-9-14-8-12-4-5-13(14)7-12/h10,12-14H,3-9H2,1-2H3,(H2,17,18,19,20). The summed E-state index contributed by atoms with van der Waals surface area (Å²) in [6.07, 6.45) is 8.58. The molecule has 0 aromatic carbocycles. The Kier molecular flexibility index (Phi) is 4.08. The molecule has 1 aromatic heterocycles. The maximum Gasteiger partial charge on any atom is 0.134 e. The molecule has 0 amide bonds. The van der Waals surface area contributed by atoms with E-state index in [1.54, 1.807) is 6.33 Å². The monoisotopic (exact) mass is 274 g/mol. The highest BCUT2D eigenvalue weighted by atomic mass is 15.1. The van der Waals surface area contributed by atoms with Gasteiger partial charge in [0, 0.05) is 18.7 Å². The highest BCUT2D eigenvalue weighted by molar-refractivity contribution is 5.56. The van der Waals surface area contributed by atoms with Crippen molar-refractivity contribution >= 4 is 11.6 Å². The third-order valence-electron chi connectivity index (χ3n) is 5.04. The molecule has 2 fully saturated rings. The predicted octanol–water partition coefficient (Wildman–Crippen LogP) is 3.46. The molecule has 0 saturated heterocycles. The molecule has 2 bridgehead atoms. The second kappa shape index (κ2) is 5.98. The van der Waals surface area contributed by atoms with E-state index >= 15 is 0 Å². The van der Waals surface area contributed by atoms with E-state index < -0.39 is 0 Å². The van der Waals surface area contributed by atoms with Crippen LogP contribution in [0.25, 0.3) is 0 Å². The molecular formula is C16H26N4. The van der Waals surface area contributed by atoms with Crippen molar-refractivity contribution in [1.82, 2.24) is 9.97 Å². The van der Waals surface area contributed by atoms with E-state index in [1.807, 2.05) is 0 Å². The molecule has 2 N–H and O–H groups in total. The summed E-state index contributed by atoms with van der Waals surface area (Å²) in [5.74, 6) is 4.81. The van der Waals surface area contributed by atoms with Crippen LogP contribution in [0.1, 0.15) is 44.6 Å². The average Bonchev–Trinajstić information content (AvgIpc) is 3.07. The van der Waals surface area contributed by atoms with Crippen molar-refractivity contribution in [2.75, 3.05) is 23.7 Å². The maximum atomic E-state index is 4.41. The van der Waals surface area contributed by atoms with Gasteiger partial charge in [0.1, 0.15) is 18.0 Å². The Balaban J connectivity index is 1.59. The number of hydrogen-bond donors (Lipinski definition) is 2. The Morgan fingerprint density at radius 1 is 1.15 bits per heavy atom. The third kappa shape index (κ3) is 2.74. The molecular weight excluding hydrogens is 248 g/mol. The van der Waals surface area contributed by atoms with Crippen molar-refractivity contribution in [3.63, 3.8) is 0 Å². The predicted molar refractivity (Wildman–Crippen MR) is 83.0 cm³/mol. The second-order valence-corrected chi connectivity index (χ2v) is 6.44. The molecule has 2 saturated carbocycles. The van der Waals surface area contributed by atoms with E-state index in [-0.39, 0.29) is 0 Å². The number of nitrogens with zero attached hydrogens (tertiary/aromatic N) is 2. The largest absolute Gasteiger partial charge is 0.370 e. The zero-order valence-corrected chi connectivity index (χ0v) is 12.7. The average molecular weight is 274 g/mol. The van der Waals surface area contributed by atoms with Crippen LogP contribution in [-0.4, -0.2) is 23.1 Å². The maximum absolute atomic E-state index is 4.41. The fourth-order valence-electron chi connectivity index (χ4n) is 3.90. The lowest BCUT2D eigenvalue weighted by Gasteiger charge is -2.22. The van der Waals surface area contributed by atoms with Crippen LogP contribution in [0, 0.1) is 24.7 Å². The van der Waals surface area contributed by atoms with Crippen LogP contribution in [0.15, 0.2) is 6.33 Å². The lowest BCUT2D eigenvalue weighted by atomic mass is 9.89. The van der Waals surface area contributed by atoms with Crippen molar-refractivity contribution < 1.29 is 0 Å². The van der Waals surface area contributed by atoms with E-state index in [0.717, 1.165) is 54.5 Å². The minimum atomic E-state index is 0.857. The molecule has 110 valence electrons. The second-order valence-electron chi connectivity index (χ2n) is 6.44. The van der Waals surface area contributed by atoms with Gasteiger partial charge in [-0.3, -0.25) is 0 Å². The first-order valence-corrected chi connectivity index (χ1v) is 8.07. The molecule has 1 heterocycles. The molecule has 0 radical (unpaired) electrons. The molecule has 20 heavy (non-hydrogen) atoms. The first-order chi connectivity index (χ1) is 9.78. The van der Waals surface area contributed by atoms with E-state index in [1.165, 1.54) is 25.7 Å². The Morgan fingerprint density at radius 2 is 1.95 bits per heavy atom. The smallest absolute Gasteiger partial charge is 0.134 e. The van der Waals surface area contributed by atoms with E-state index in [9.17, 15) is 0 Å². The number of nitrogens with one attached hydrogen (secondary N) is 2. The number of rotatable bonds is 6. The molecule has 2 aliphatic carbocycles. The van der Waals surface area contributed by atoms with Gasteiger partial charge in [-0.05, 0) is 50.4 Å². The number of hydrogen-bond acceptors (Lipinski definition) is 4. The minimum Gasteiger partial charge on any atom is -0.370 e. The normalized spacial score (nSPS) is 27.8. The van der Waals surface area contributed by atoms with Gasteiger partial charge < -0.3 is 10.6 Å². The van der Waals surface area contributed by atoms with Gasteiger partial charge in [0.15, 0.2) is 0 Å². The highest BCUT2D eigenvalue weighted by Crippen LogP contribution is 2.48. The van der Waals surface area contributed by atoms with Crippen LogP contribution in [-0.2, 0) is 0 Å². The van der Waals surface area contributed by atoms with E-state index in [4.69, 9.17) is 0 Å². The van der Waals surface area contributed by atoms with Gasteiger partial charge in [-0.25, -0.2) is 9.97 Å². The Morgan fingerprint density at radius 3 is 2.60 bits per heavy atom. The summed E-state index contributed by atoms with van der Waals surface area (Å²) < 4.78 is 0. The molecule has 0 spiro atoms. The van der Waals surface area contributed by atoms with Gasteiger partial charge in [-0.1, -0.05) is 13.3 Å². The molecule has 3 atom stereocenters. The fourth-order valence-corrected chi connectivity index (χ4v) is 3.90. The van der Waals surface area contributed by atoms with Crippen LogP contribution in [0.3, 0.4) is 0 Å². The van der Waals surface area contributed by atoms with Crippen LogP contribution in [0.2, 0.25) is 0 Å². The van der Waals surface area contributed by atoms with Crippen LogP contribution < -0.4 is 10.6 Å². The van der Waals surface area contributed by atoms with E-state index in [0.29, 0.717) is 0 Å². The molecule has 2 aliphatic rings. The lowest BCUT2D eigenvalue weighted by Crippen LogP contribution is -2.21. The van der Waals surface area contributed by atoms with Crippen LogP contribution in [0.4, 0.5) is 11.6 Å². The van der Waals surface area contributed by atoms with Crippen LogP contribution in [0.5, 0.6) is 0 Å². The first kappa shape index (κ1) is 13.7. The molecule has 4 heteroatoms. The van der Waals surface area contributed by atoms with Crippen molar-refractivity contribution in [3.8, 4) is 0 Å². The molecule has 1 aromatic rings. The van der Waals surface area contributed by atoms with Crippen molar-refractivity contribution in [3.05, 3.63) is 11.9 Å². The summed E-state index contributed by atoms with van der Waals surface area (Å²) in [6.45, 7) is 6.30. The summed E-state index contributed by atoms with van der Waals surface area (Å²) in [4.78, 5) is 8.74. The molecule has 3 unspecified atom stereocenters. The summed E-state index contributed by atoms with van der Waals surface area (Å²) in [7, 11) is 0. The van der Waals surface area contributed by atoms with Gasteiger partial charge in [0.2, 0.25) is 0 Å². The summed E-state index contributed by atoms with van der Waals surface area (Å²) in [5.41, 5.74) is 1.14. The van der Waals surface area contributed by atoms with Gasteiger partial charge in [-0.2, -0.15) is 0 Å². The first-order valence-electron chi connectivity index (χ1n) is 8.07. The zero-order valence-electron chi connectivity index (χ0n) is 12.7. The van der Waals surface area contributed by atoms with Crippen LogP contribution >= 0.6 is 0 Å².